The summed E-state index contributed by atoms with van der Waals surface area (Å²) in [5.74, 6) is 0. The van der Waals surface area contributed by atoms with Crippen LogP contribution in [0.4, 0.5) is 0 Å². The quantitative estimate of drug-likeness (QED) is 0.666. The Morgan fingerprint density at radius 3 is 3.00 bits per heavy atom. The van der Waals surface area contributed by atoms with Gasteiger partial charge in [0.1, 0.15) is 0 Å². The van der Waals surface area contributed by atoms with Crippen LogP contribution in [-0.4, -0.2) is 32.1 Å². The van der Waals surface area contributed by atoms with Gasteiger partial charge in [0, 0.05) is 13.1 Å². The van der Waals surface area contributed by atoms with Crippen LogP contribution in [-0.2, 0) is 4.84 Å². The summed E-state index contributed by atoms with van der Waals surface area (Å²) in [5, 5.41) is 0. The fraction of sp³-hybridized carbons (Fsp3) is 0.600. The van der Waals surface area contributed by atoms with Crippen LogP contribution in [0, 0.1) is 0 Å². The normalized spacial score (nSPS) is 19.9. The molecule has 0 aromatic carbocycles. The molecule has 3 heteroatoms. The van der Waals surface area contributed by atoms with Crippen molar-refractivity contribution in [3.63, 3.8) is 0 Å². The molecule has 1 N–H and O–H groups in total. The molecule has 0 unspecified atom stereocenters. The standard InChI is InChI=1S/C10H18N2O/c1-4-10(11-13-3)9-6-5-7-12(2)8-9/h4,6,11H,5,7-8H2,1-3H3/b10-4-. The smallest absolute Gasteiger partial charge is 0.0636 e. The van der Waals surface area contributed by atoms with E-state index in [1.165, 1.54) is 5.57 Å². The molecule has 3 nitrogen and oxygen atoms in total. The van der Waals surface area contributed by atoms with Crippen LogP contribution in [0.5, 0.6) is 0 Å². The molecular formula is C10H18N2O. The third-order valence-electron chi connectivity index (χ3n) is 2.19. The van der Waals surface area contributed by atoms with E-state index >= 15 is 0 Å². The highest BCUT2D eigenvalue weighted by Crippen LogP contribution is 2.14. The van der Waals surface area contributed by atoms with E-state index < -0.39 is 0 Å². The minimum atomic E-state index is 0.996. The van der Waals surface area contributed by atoms with E-state index in [1.807, 2.05) is 13.0 Å². The van der Waals surface area contributed by atoms with E-state index in [0.29, 0.717) is 0 Å². The number of nitrogens with one attached hydrogen (secondary N) is 1. The molecule has 0 aromatic heterocycles. The lowest BCUT2D eigenvalue weighted by Crippen LogP contribution is -2.28. The molecule has 74 valence electrons. The first-order valence-electron chi connectivity index (χ1n) is 4.61. The van der Waals surface area contributed by atoms with Crippen LogP contribution in [0.1, 0.15) is 13.3 Å². The fourth-order valence-corrected chi connectivity index (χ4v) is 1.51. The molecule has 1 rings (SSSR count). The zero-order valence-electron chi connectivity index (χ0n) is 8.63. The molecular weight excluding hydrogens is 164 g/mol. The van der Waals surface area contributed by atoms with Gasteiger partial charge in [-0.1, -0.05) is 12.2 Å². The second-order valence-electron chi connectivity index (χ2n) is 3.26. The Hall–Kier alpha value is -0.800. The summed E-state index contributed by atoms with van der Waals surface area (Å²) in [5.41, 5.74) is 5.28. The number of hydroxylamine groups is 1. The molecule has 0 spiro atoms. The lowest BCUT2D eigenvalue weighted by molar-refractivity contribution is 0.118. The van der Waals surface area contributed by atoms with Crippen molar-refractivity contribution in [3.05, 3.63) is 23.4 Å². The summed E-state index contributed by atoms with van der Waals surface area (Å²) in [6.45, 7) is 4.15. The third-order valence-corrected chi connectivity index (χ3v) is 2.19. The van der Waals surface area contributed by atoms with Crippen molar-refractivity contribution in [1.82, 2.24) is 10.4 Å². The van der Waals surface area contributed by atoms with Crippen molar-refractivity contribution in [1.29, 1.82) is 0 Å². The summed E-state index contributed by atoms with van der Waals surface area (Å²) in [7, 11) is 3.77. The Labute approximate surface area is 80.0 Å². The predicted molar refractivity (Wildman–Crippen MR) is 54.1 cm³/mol. The van der Waals surface area contributed by atoms with Crippen molar-refractivity contribution in [2.24, 2.45) is 0 Å². The number of likely N-dealkylation sites (N-methyl/N-ethyl adjacent to an activating group) is 1. The van der Waals surface area contributed by atoms with E-state index in [-0.39, 0.29) is 0 Å². The first-order chi connectivity index (χ1) is 6.27. The van der Waals surface area contributed by atoms with E-state index in [1.54, 1.807) is 7.11 Å². The second kappa shape index (κ2) is 5.04. The topological polar surface area (TPSA) is 24.5 Å². The molecule has 0 bridgehead atoms. The van der Waals surface area contributed by atoms with Crippen molar-refractivity contribution >= 4 is 0 Å². The Kier molecular flexibility index (Phi) is 3.99. The molecule has 0 radical (unpaired) electrons. The summed E-state index contributed by atoms with van der Waals surface area (Å²) >= 11 is 0. The maximum Gasteiger partial charge on any atom is 0.0636 e. The van der Waals surface area contributed by atoms with Gasteiger partial charge >= 0.3 is 0 Å². The molecule has 0 amide bonds. The average molecular weight is 182 g/mol. The largest absolute Gasteiger partial charge is 0.302 e. The van der Waals surface area contributed by atoms with Gasteiger partial charge < -0.3 is 4.90 Å². The highest BCUT2D eigenvalue weighted by molar-refractivity contribution is 5.30. The van der Waals surface area contributed by atoms with Crippen LogP contribution in [0.2, 0.25) is 0 Å². The Morgan fingerprint density at radius 2 is 2.46 bits per heavy atom. The van der Waals surface area contributed by atoms with Gasteiger partial charge in [-0.2, -0.15) is 0 Å². The van der Waals surface area contributed by atoms with Crippen molar-refractivity contribution in [2.75, 3.05) is 27.2 Å². The van der Waals surface area contributed by atoms with Crippen molar-refractivity contribution in [3.8, 4) is 0 Å². The fourth-order valence-electron chi connectivity index (χ4n) is 1.51. The monoisotopic (exact) mass is 182 g/mol. The van der Waals surface area contributed by atoms with Gasteiger partial charge in [-0.3, -0.25) is 10.3 Å². The van der Waals surface area contributed by atoms with Crippen LogP contribution >= 0.6 is 0 Å². The summed E-state index contributed by atoms with van der Waals surface area (Å²) in [6.07, 6.45) is 5.42. The van der Waals surface area contributed by atoms with Crippen LogP contribution in [0.25, 0.3) is 0 Å². The van der Waals surface area contributed by atoms with Gasteiger partial charge in [0.05, 0.1) is 12.8 Å². The van der Waals surface area contributed by atoms with Crippen molar-refractivity contribution in [2.45, 2.75) is 13.3 Å². The number of hydrogen-bond donors (Lipinski definition) is 1. The van der Waals surface area contributed by atoms with Crippen LogP contribution in [0.15, 0.2) is 23.4 Å². The van der Waals surface area contributed by atoms with Gasteiger partial charge in [0.25, 0.3) is 0 Å². The van der Waals surface area contributed by atoms with Gasteiger partial charge in [-0.25, -0.2) is 0 Å². The summed E-state index contributed by atoms with van der Waals surface area (Å²) in [4.78, 5) is 7.21. The van der Waals surface area contributed by atoms with E-state index in [2.05, 4.69) is 23.5 Å². The molecule has 1 aliphatic rings. The summed E-state index contributed by atoms with van der Waals surface area (Å²) in [6, 6.07) is 0. The molecule has 0 saturated heterocycles. The van der Waals surface area contributed by atoms with Crippen LogP contribution < -0.4 is 5.48 Å². The molecule has 0 aliphatic carbocycles. The lowest BCUT2D eigenvalue weighted by Gasteiger charge is -2.24. The number of rotatable bonds is 3. The molecule has 1 aliphatic heterocycles. The second-order valence-corrected chi connectivity index (χ2v) is 3.26. The summed E-state index contributed by atoms with van der Waals surface area (Å²) < 4.78 is 0. The zero-order valence-corrected chi connectivity index (χ0v) is 8.63. The molecule has 0 fully saturated rings. The van der Waals surface area contributed by atoms with Crippen molar-refractivity contribution < 1.29 is 4.84 Å². The SMILES string of the molecule is C/C=C(\NOC)C1=CCCN(C)C1. The predicted octanol–water partition coefficient (Wildman–Crippen LogP) is 1.30. The molecule has 0 aromatic rings. The average Bonchev–Trinajstić information content (AvgIpc) is 2.14. The van der Waals surface area contributed by atoms with E-state index in [0.717, 1.165) is 25.2 Å². The number of nitrogens with zero attached hydrogens (tertiary/aromatic N) is 1. The zero-order chi connectivity index (χ0) is 9.68. The van der Waals surface area contributed by atoms with Gasteiger partial charge in [0.15, 0.2) is 0 Å². The molecule has 0 saturated carbocycles. The van der Waals surface area contributed by atoms with E-state index in [4.69, 9.17) is 4.84 Å². The van der Waals surface area contributed by atoms with E-state index in [9.17, 15) is 0 Å². The molecule has 0 atom stereocenters. The number of allylic oxidation sites excluding steroid dienone is 1. The third kappa shape index (κ3) is 2.86. The van der Waals surface area contributed by atoms with Crippen LogP contribution in [0.3, 0.4) is 0 Å². The first kappa shape index (κ1) is 10.3. The maximum atomic E-state index is 4.91. The Morgan fingerprint density at radius 1 is 1.69 bits per heavy atom. The highest BCUT2D eigenvalue weighted by atomic mass is 16.6. The maximum absolute atomic E-state index is 4.91. The van der Waals surface area contributed by atoms with Gasteiger partial charge in [-0.05, 0) is 26.0 Å². The number of hydrogen-bond acceptors (Lipinski definition) is 3. The van der Waals surface area contributed by atoms with Gasteiger partial charge in [0.2, 0.25) is 0 Å². The minimum absolute atomic E-state index is 0.996. The Balaban J connectivity index is 2.63. The van der Waals surface area contributed by atoms with Gasteiger partial charge in [-0.15, -0.1) is 0 Å². The molecule has 1 heterocycles. The first-order valence-corrected chi connectivity index (χ1v) is 4.61. The lowest BCUT2D eigenvalue weighted by atomic mass is 10.1. The Bertz CT molecular complexity index is 221. The highest BCUT2D eigenvalue weighted by Gasteiger charge is 2.11. The molecule has 13 heavy (non-hydrogen) atoms. The minimum Gasteiger partial charge on any atom is -0.302 e.